The van der Waals surface area contributed by atoms with Gasteiger partial charge in [-0.15, -0.1) is 0 Å². The lowest BCUT2D eigenvalue weighted by atomic mass is 10.1. The Balaban J connectivity index is 2.24. The molecule has 0 radical (unpaired) electrons. The molecular formula is C11H18O4. The summed E-state index contributed by atoms with van der Waals surface area (Å²) in [4.78, 5) is 11.2. The number of esters is 1. The molecule has 0 aromatic heterocycles. The van der Waals surface area contributed by atoms with Crippen molar-refractivity contribution >= 4 is 5.97 Å². The highest BCUT2D eigenvalue weighted by Crippen LogP contribution is 2.24. The van der Waals surface area contributed by atoms with Gasteiger partial charge < -0.3 is 14.2 Å². The maximum atomic E-state index is 11.2. The van der Waals surface area contributed by atoms with Crippen molar-refractivity contribution in [3.63, 3.8) is 0 Å². The van der Waals surface area contributed by atoms with Gasteiger partial charge in [-0.2, -0.15) is 0 Å². The van der Waals surface area contributed by atoms with Gasteiger partial charge in [0.1, 0.15) is 6.26 Å². The fourth-order valence-electron chi connectivity index (χ4n) is 1.18. The summed E-state index contributed by atoms with van der Waals surface area (Å²) in [5, 5.41) is 0. The third-order valence-corrected chi connectivity index (χ3v) is 1.80. The Kier molecular flexibility index (Phi) is 3.61. The van der Waals surface area contributed by atoms with Crippen LogP contribution >= 0.6 is 0 Å². The minimum atomic E-state index is -0.639. The van der Waals surface area contributed by atoms with E-state index in [0.29, 0.717) is 18.1 Å². The van der Waals surface area contributed by atoms with Crippen LogP contribution in [-0.4, -0.2) is 18.4 Å². The molecule has 4 heteroatoms. The van der Waals surface area contributed by atoms with Gasteiger partial charge in [0.15, 0.2) is 12.4 Å². The topological polar surface area (TPSA) is 44.8 Å². The molecular weight excluding hydrogens is 196 g/mol. The Morgan fingerprint density at radius 3 is 2.67 bits per heavy atom. The van der Waals surface area contributed by atoms with Crippen LogP contribution in [0.4, 0.5) is 0 Å². The van der Waals surface area contributed by atoms with Gasteiger partial charge in [0, 0.05) is 20.3 Å². The molecule has 1 rings (SSSR count). The number of ether oxygens (including phenoxy) is 3. The molecule has 0 unspecified atom stereocenters. The van der Waals surface area contributed by atoms with Crippen molar-refractivity contribution in [2.45, 2.75) is 39.9 Å². The van der Waals surface area contributed by atoms with E-state index < -0.39 is 5.79 Å². The van der Waals surface area contributed by atoms with Gasteiger partial charge in [-0.05, 0) is 5.92 Å². The van der Waals surface area contributed by atoms with Crippen LogP contribution in [-0.2, 0) is 19.0 Å². The minimum absolute atomic E-state index is 0.148. The summed E-state index contributed by atoms with van der Waals surface area (Å²) in [5.74, 6) is 0.0137. The lowest BCUT2D eigenvalue weighted by Gasteiger charge is -2.18. The van der Waals surface area contributed by atoms with Crippen LogP contribution < -0.4 is 0 Å². The second-order valence-corrected chi connectivity index (χ2v) is 4.46. The van der Waals surface area contributed by atoms with E-state index in [1.807, 2.05) is 13.8 Å². The zero-order valence-corrected chi connectivity index (χ0v) is 9.70. The van der Waals surface area contributed by atoms with Crippen molar-refractivity contribution in [3.8, 4) is 0 Å². The SMILES string of the molecule is CC(C)CC(=O)OCC1=COC(C)(C)O1. The summed E-state index contributed by atoms with van der Waals surface area (Å²) >= 11 is 0. The first kappa shape index (κ1) is 11.9. The molecule has 0 saturated heterocycles. The molecule has 0 amide bonds. The van der Waals surface area contributed by atoms with E-state index >= 15 is 0 Å². The predicted octanol–water partition coefficient (Wildman–Crippen LogP) is 2.20. The second kappa shape index (κ2) is 4.55. The predicted molar refractivity (Wildman–Crippen MR) is 54.7 cm³/mol. The van der Waals surface area contributed by atoms with E-state index in [1.165, 1.54) is 6.26 Å². The van der Waals surface area contributed by atoms with Crippen molar-refractivity contribution in [3.05, 3.63) is 12.0 Å². The highest BCUT2D eigenvalue weighted by Gasteiger charge is 2.28. The van der Waals surface area contributed by atoms with Gasteiger partial charge in [0.05, 0.1) is 0 Å². The maximum Gasteiger partial charge on any atom is 0.306 e. The first-order valence-electron chi connectivity index (χ1n) is 5.10. The van der Waals surface area contributed by atoms with Gasteiger partial charge in [-0.3, -0.25) is 4.79 Å². The Bertz CT molecular complexity index is 266. The molecule has 0 atom stereocenters. The van der Waals surface area contributed by atoms with E-state index in [4.69, 9.17) is 14.2 Å². The molecule has 0 spiro atoms. The van der Waals surface area contributed by atoms with E-state index in [0.717, 1.165) is 0 Å². The third-order valence-electron chi connectivity index (χ3n) is 1.80. The first-order chi connectivity index (χ1) is 6.89. The molecule has 0 aromatic carbocycles. The van der Waals surface area contributed by atoms with Crippen molar-refractivity contribution in [2.75, 3.05) is 6.61 Å². The summed E-state index contributed by atoms with van der Waals surface area (Å²) in [5.41, 5.74) is 0. The van der Waals surface area contributed by atoms with E-state index in [9.17, 15) is 4.79 Å². The lowest BCUT2D eigenvalue weighted by Crippen LogP contribution is -2.21. The second-order valence-electron chi connectivity index (χ2n) is 4.46. The number of carbonyl (C=O) groups excluding carboxylic acids is 1. The third kappa shape index (κ3) is 4.23. The van der Waals surface area contributed by atoms with Crippen LogP contribution in [0.25, 0.3) is 0 Å². The van der Waals surface area contributed by atoms with Crippen LogP contribution in [0.3, 0.4) is 0 Å². The molecule has 15 heavy (non-hydrogen) atoms. The van der Waals surface area contributed by atoms with Crippen LogP contribution in [0.5, 0.6) is 0 Å². The van der Waals surface area contributed by atoms with Gasteiger partial charge in [0.2, 0.25) is 5.79 Å². The fourth-order valence-corrected chi connectivity index (χ4v) is 1.18. The number of hydrogen-bond acceptors (Lipinski definition) is 4. The van der Waals surface area contributed by atoms with Crippen molar-refractivity contribution in [1.29, 1.82) is 0 Å². The zero-order chi connectivity index (χ0) is 11.5. The van der Waals surface area contributed by atoms with Gasteiger partial charge in [-0.25, -0.2) is 0 Å². The Hall–Kier alpha value is -1.19. The summed E-state index contributed by atoms with van der Waals surface area (Å²) < 4.78 is 15.6. The van der Waals surface area contributed by atoms with Crippen LogP contribution in [0.1, 0.15) is 34.1 Å². The first-order valence-corrected chi connectivity index (χ1v) is 5.10. The number of rotatable bonds is 4. The molecule has 0 N–H and O–H groups in total. The lowest BCUT2D eigenvalue weighted by molar-refractivity contribution is -0.148. The fraction of sp³-hybridized carbons (Fsp3) is 0.727. The van der Waals surface area contributed by atoms with Crippen LogP contribution in [0.15, 0.2) is 12.0 Å². The highest BCUT2D eigenvalue weighted by molar-refractivity contribution is 5.69. The maximum absolute atomic E-state index is 11.2. The van der Waals surface area contributed by atoms with E-state index in [-0.39, 0.29) is 12.6 Å². The molecule has 1 aliphatic heterocycles. The van der Waals surface area contributed by atoms with Crippen LogP contribution in [0.2, 0.25) is 0 Å². The standard InChI is InChI=1S/C11H18O4/c1-8(2)5-10(12)13-6-9-7-14-11(3,4)15-9/h7-8H,5-6H2,1-4H3. The van der Waals surface area contributed by atoms with Gasteiger partial charge >= 0.3 is 5.97 Å². The molecule has 0 aliphatic carbocycles. The number of hydrogen-bond donors (Lipinski definition) is 0. The largest absolute Gasteiger partial charge is 0.457 e. The summed E-state index contributed by atoms with van der Waals surface area (Å²) in [6, 6.07) is 0. The molecule has 1 heterocycles. The molecule has 0 bridgehead atoms. The Morgan fingerprint density at radius 1 is 1.53 bits per heavy atom. The zero-order valence-electron chi connectivity index (χ0n) is 9.70. The van der Waals surface area contributed by atoms with Gasteiger partial charge in [0.25, 0.3) is 0 Å². The van der Waals surface area contributed by atoms with Crippen molar-refractivity contribution in [1.82, 2.24) is 0 Å². The summed E-state index contributed by atoms with van der Waals surface area (Å²) in [6.07, 6.45) is 1.92. The summed E-state index contributed by atoms with van der Waals surface area (Å²) in [6.45, 7) is 7.69. The molecule has 0 fully saturated rings. The monoisotopic (exact) mass is 214 g/mol. The smallest absolute Gasteiger partial charge is 0.306 e. The molecule has 0 saturated carbocycles. The van der Waals surface area contributed by atoms with E-state index in [1.54, 1.807) is 13.8 Å². The molecule has 86 valence electrons. The van der Waals surface area contributed by atoms with E-state index in [2.05, 4.69) is 0 Å². The summed E-state index contributed by atoms with van der Waals surface area (Å²) in [7, 11) is 0. The van der Waals surface area contributed by atoms with Crippen LogP contribution in [0, 0.1) is 5.92 Å². The quantitative estimate of drug-likeness (QED) is 0.673. The number of carbonyl (C=O) groups is 1. The average molecular weight is 214 g/mol. The Labute approximate surface area is 90.2 Å². The average Bonchev–Trinajstić information content (AvgIpc) is 2.41. The molecule has 4 nitrogen and oxygen atoms in total. The molecule has 0 aromatic rings. The Morgan fingerprint density at radius 2 is 2.20 bits per heavy atom. The van der Waals surface area contributed by atoms with Crippen molar-refractivity contribution in [2.24, 2.45) is 5.92 Å². The van der Waals surface area contributed by atoms with Gasteiger partial charge in [-0.1, -0.05) is 13.8 Å². The minimum Gasteiger partial charge on any atom is -0.457 e. The highest BCUT2D eigenvalue weighted by atomic mass is 16.7. The van der Waals surface area contributed by atoms with Crippen molar-refractivity contribution < 1.29 is 19.0 Å². The molecule has 1 aliphatic rings. The normalized spacial score (nSPS) is 18.1.